The number of fused-ring (bicyclic) bond motifs is 3. The van der Waals surface area contributed by atoms with Crippen LogP contribution in [-0.2, 0) is 19.4 Å². The van der Waals surface area contributed by atoms with Crippen LogP contribution in [0.15, 0.2) is 49.1 Å². The monoisotopic (exact) mass is 490 g/mol. The number of allylic oxidation sites excluding steroid dienone is 1. The molecular formula is C28H24F6O. The molecule has 0 aromatic heterocycles. The molecule has 0 N–H and O–H groups in total. The average Bonchev–Trinajstić information content (AvgIpc) is 2.84. The Morgan fingerprint density at radius 3 is 1.94 bits per heavy atom. The molecule has 184 valence electrons. The van der Waals surface area contributed by atoms with E-state index in [-0.39, 0.29) is 34.2 Å². The van der Waals surface area contributed by atoms with Crippen LogP contribution in [0.4, 0.5) is 26.3 Å². The highest BCUT2D eigenvalue weighted by molar-refractivity contribution is 5.76. The Morgan fingerprint density at radius 1 is 0.743 bits per heavy atom. The Balaban J connectivity index is 1.65. The van der Waals surface area contributed by atoms with Crippen LogP contribution >= 0.6 is 0 Å². The quantitative estimate of drug-likeness (QED) is 0.227. The van der Waals surface area contributed by atoms with Gasteiger partial charge in [0.25, 0.3) is 0 Å². The largest absolute Gasteiger partial charge is 0.486 e. The summed E-state index contributed by atoms with van der Waals surface area (Å²) in [6.45, 7) is 4.86. The molecule has 3 aromatic carbocycles. The maximum atomic E-state index is 15.3. The topological polar surface area (TPSA) is 9.23 Å². The molecule has 0 heterocycles. The van der Waals surface area contributed by atoms with E-state index in [0.717, 1.165) is 0 Å². The van der Waals surface area contributed by atoms with Crippen LogP contribution in [0.1, 0.15) is 59.9 Å². The molecule has 35 heavy (non-hydrogen) atoms. The first-order valence-electron chi connectivity index (χ1n) is 11.4. The highest BCUT2D eigenvalue weighted by atomic mass is 19.2. The molecule has 0 amide bonds. The molecule has 2 unspecified atom stereocenters. The van der Waals surface area contributed by atoms with Crippen molar-refractivity contribution in [2.45, 2.75) is 51.6 Å². The van der Waals surface area contributed by atoms with Gasteiger partial charge in [-0.25, -0.2) is 26.3 Å². The Hall–Kier alpha value is -3.22. The van der Waals surface area contributed by atoms with Gasteiger partial charge >= 0.3 is 0 Å². The van der Waals surface area contributed by atoms with Crippen LogP contribution in [-0.4, -0.2) is 0 Å². The third-order valence-corrected chi connectivity index (χ3v) is 6.27. The third-order valence-electron chi connectivity index (χ3n) is 6.27. The first-order chi connectivity index (χ1) is 16.8. The van der Waals surface area contributed by atoms with Crippen LogP contribution in [0.25, 0.3) is 11.1 Å². The molecule has 0 saturated carbocycles. The van der Waals surface area contributed by atoms with Crippen molar-refractivity contribution in [3.63, 3.8) is 0 Å². The predicted octanol–water partition coefficient (Wildman–Crippen LogP) is 8.59. The second kappa shape index (κ2) is 10.2. The molecule has 1 aliphatic rings. The first-order valence-corrected chi connectivity index (χ1v) is 11.4. The summed E-state index contributed by atoms with van der Waals surface area (Å²) in [6.07, 6.45) is -1.52. The van der Waals surface area contributed by atoms with E-state index >= 15 is 8.78 Å². The molecule has 0 bridgehead atoms. The molecule has 0 saturated heterocycles. The van der Waals surface area contributed by atoms with Gasteiger partial charge in [0.15, 0.2) is 35.5 Å². The summed E-state index contributed by atoms with van der Waals surface area (Å²) in [6, 6.07) is 8.20. The third kappa shape index (κ3) is 4.44. The van der Waals surface area contributed by atoms with Crippen molar-refractivity contribution in [3.8, 4) is 16.9 Å². The SMILES string of the molecule is C=CCCc1ccc(COc2ccc3c(c2F)C(F)C(F)c2c-3ccc(CCC)c2F)c(F)c1F. The van der Waals surface area contributed by atoms with Crippen LogP contribution in [0.5, 0.6) is 5.75 Å². The van der Waals surface area contributed by atoms with Crippen molar-refractivity contribution in [3.05, 3.63) is 100 Å². The van der Waals surface area contributed by atoms with E-state index in [2.05, 4.69) is 6.58 Å². The lowest BCUT2D eigenvalue weighted by molar-refractivity contribution is 0.158. The Bertz CT molecular complexity index is 1270. The van der Waals surface area contributed by atoms with Gasteiger partial charge in [-0.15, -0.1) is 6.58 Å². The van der Waals surface area contributed by atoms with Crippen molar-refractivity contribution in [2.75, 3.05) is 0 Å². The smallest absolute Gasteiger partial charge is 0.171 e. The van der Waals surface area contributed by atoms with Gasteiger partial charge < -0.3 is 4.74 Å². The zero-order valence-electron chi connectivity index (χ0n) is 19.1. The lowest BCUT2D eigenvalue weighted by Crippen LogP contribution is -2.16. The molecule has 7 heteroatoms. The standard InChI is InChI=1S/C28H24F6O/c1-3-5-7-16-8-9-17(25(31)24(16)30)14-35-20-13-12-19-18-11-10-15(6-4-2)23(29)21(18)27(33)28(34)22(19)26(20)32/h3,8-13,27-28H,1,4-7,14H2,2H3. The molecule has 0 aliphatic heterocycles. The predicted molar refractivity (Wildman–Crippen MR) is 123 cm³/mol. The molecule has 3 aromatic rings. The van der Waals surface area contributed by atoms with Crippen LogP contribution < -0.4 is 4.74 Å². The Labute approximate surface area is 200 Å². The number of hydrogen-bond donors (Lipinski definition) is 0. The van der Waals surface area contributed by atoms with E-state index in [1.807, 2.05) is 6.92 Å². The number of ether oxygens (including phenoxy) is 1. The van der Waals surface area contributed by atoms with Crippen LogP contribution in [0.3, 0.4) is 0 Å². The minimum Gasteiger partial charge on any atom is -0.486 e. The molecule has 0 radical (unpaired) electrons. The minimum absolute atomic E-state index is 0.0250. The van der Waals surface area contributed by atoms with E-state index in [9.17, 15) is 17.6 Å². The fourth-order valence-electron chi connectivity index (χ4n) is 4.43. The number of hydrogen-bond acceptors (Lipinski definition) is 1. The second-order valence-electron chi connectivity index (χ2n) is 8.52. The molecule has 1 nitrogen and oxygen atoms in total. The zero-order chi connectivity index (χ0) is 25.3. The van der Waals surface area contributed by atoms with E-state index in [1.54, 1.807) is 6.08 Å². The van der Waals surface area contributed by atoms with E-state index < -0.39 is 59.1 Å². The van der Waals surface area contributed by atoms with Crippen molar-refractivity contribution in [1.29, 1.82) is 0 Å². The van der Waals surface area contributed by atoms with Crippen LogP contribution in [0.2, 0.25) is 0 Å². The lowest BCUT2D eigenvalue weighted by Gasteiger charge is -2.28. The average molecular weight is 490 g/mol. The van der Waals surface area contributed by atoms with E-state index in [4.69, 9.17) is 4.74 Å². The minimum atomic E-state index is -2.45. The maximum Gasteiger partial charge on any atom is 0.171 e. The van der Waals surface area contributed by atoms with Gasteiger partial charge in [-0.2, -0.15) is 0 Å². The highest BCUT2D eigenvalue weighted by Crippen LogP contribution is 2.51. The number of benzene rings is 3. The van der Waals surface area contributed by atoms with Gasteiger partial charge in [0, 0.05) is 16.7 Å². The summed E-state index contributed by atoms with van der Waals surface area (Å²) in [4.78, 5) is 0. The van der Waals surface area contributed by atoms with Gasteiger partial charge in [0.05, 0.1) is 0 Å². The second-order valence-corrected chi connectivity index (χ2v) is 8.52. The Morgan fingerprint density at radius 2 is 1.29 bits per heavy atom. The number of halogens is 6. The summed E-state index contributed by atoms with van der Waals surface area (Å²) >= 11 is 0. The summed E-state index contributed by atoms with van der Waals surface area (Å²) in [5.41, 5.74) is -0.611. The van der Waals surface area contributed by atoms with Crippen molar-refractivity contribution in [1.82, 2.24) is 0 Å². The van der Waals surface area contributed by atoms with E-state index in [0.29, 0.717) is 19.3 Å². The first kappa shape index (κ1) is 24.9. The lowest BCUT2D eigenvalue weighted by atomic mass is 9.81. The number of alkyl halides is 2. The fraction of sp³-hybridized carbons (Fsp3) is 0.286. The molecule has 0 spiro atoms. The van der Waals surface area contributed by atoms with Gasteiger partial charge in [-0.3, -0.25) is 0 Å². The Kier molecular flexibility index (Phi) is 7.24. The molecule has 2 atom stereocenters. The van der Waals surface area contributed by atoms with E-state index in [1.165, 1.54) is 36.4 Å². The molecule has 4 rings (SSSR count). The summed E-state index contributed by atoms with van der Waals surface area (Å²) < 4.78 is 94.3. The molecule has 1 aliphatic carbocycles. The van der Waals surface area contributed by atoms with Crippen molar-refractivity contribution in [2.24, 2.45) is 0 Å². The summed E-state index contributed by atoms with van der Waals surface area (Å²) in [7, 11) is 0. The van der Waals surface area contributed by atoms with Gasteiger partial charge in [0.1, 0.15) is 12.4 Å². The maximum absolute atomic E-state index is 15.3. The number of aryl methyl sites for hydroxylation is 2. The summed E-state index contributed by atoms with van der Waals surface area (Å²) in [5.74, 6) is -4.57. The van der Waals surface area contributed by atoms with Crippen molar-refractivity contribution >= 4 is 0 Å². The van der Waals surface area contributed by atoms with Crippen molar-refractivity contribution < 1.29 is 31.1 Å². The highest BCUT2D eigenvalue weighted by Gasteiger charge is 2.39. The van der Waals surface area contributed by atoms with Crippen LogP contribution in [0, 0.1) is 23.3 Å². The molecular weight excluding hydrogens is 466 g/mol. The van der Waals surface area contributed by atoms with Gasteiger partial charge in [0.2, 0.25) is 0 Å². The fourth-order valence-corrected chi connectivity index (χ4v) is 4.43. The van der Waals surface area contributed by atoms with Gasteiger partial charge in [-0.05, 0) is 47.6 Å². The zero-order valence-corrected chi connectivity index (χ0v) is 19.1. The van der Waals surface area contributed by atoms with Gasteiger partial charge in [-0.1, -0.05) is 49.8 Å². The summed E-state index contributed by atoms with van der Waals surface area (Å²) in [5, 5.41) is 0. The number of rotatable bonds is 8. The molecule has 0 fully saturated rings. The normalized spacial score (nSPS) is 16.5.